The molecule has 0 aliphatic carbocycles. The van der Waals surface area contributed by atoms with Crippen molar-refractivity contribution in [1.82, 2.24) is 0 Å². The smallest absolute Gasteiger partial charge is 0.325 e. The summed E-state index contributed by atoms with van der Waals surface area (Å²) < 4.78 is 10.6. The second-order valence-corrected chi connectivity index (χ2v) is 6.82. The number of esters is 1. The first-order valence-corrected chi connectivity index (χ1v) is 7.21. The Balaban J connectivity index is 2.76. The van der Waals surface area contributed by atoms with E-state index in [0.29, 0.717) is 6.42 Å². The number of nitrogens with two attached hydrogens (primary N) is 1. The molecule has 0 aliphatic rings. The van der Waals surface area contributed by atoms with E-state index in [2.05, 4.69) is 26.8 Å². The number of carbonyl (C=O) groups excluding carboxylic acids is 1. The molecule has 2 N–H and O–H groups in total. The molecular formula is C17H27NO3. The summed E-state index contributed by atoms with van der Waals surface area (Å²) in [6, 6.07) is 8.00. The van der Waals surface area contributed by atoms with Crippen LogP contribution in [0.4, 0.5) is 0 Å². The van der Waals surface area contributed by atoms with E-state index in [4.69, 9.17) is 15.2 Å². The molecule has 0 fully saturated rings. The van der Waals surface area contributed by atoms with E-state index >= 15 is 0 Å². The summed E-state index contributed by atoms with van der Waals surface area (Å²) >= 11 is 0. The second kappa shape index (κ2) is 6.48. The molecule has 1 aromatic rings. The maximum Gasteiger partial charge on any atom is 0.325 e. The summed E-state index contributed by atoms with van der Waals surface area (Å²) in [6.45, 7) is 10.0. The standard InChI is InChI=1S/C17H27NO3/c1-12(11-17(5,18)15(19)20-6)21-14-9-7-8-13(10-14)16(2,3)4/h7-10,12H,11,18H2,1-6H3. The molecule has 0 heterocycles. The molecule has 0 aliphatic heterocycles. The fourth-order valence-electron chi connectivity index (χ4n) is 2.22. The molecule has 0 spiro atoms. The lowest BCUT2D eigenvalue weighted by Crippen LogP contribution is -2.48. The summed E-state index contributed by atoms with van der Waals surface area (Å²) in [5.74, 6) is 0.358. The van der Waals surface area contributed by atoms with Gasteiger partial charge in [-0.2, -0.15) is 0 Å². The Hall–Kier alpha value is -1.55. The van der Waals surface area contributed by atoms with Crippen molar-refractivity contribution in [2.45, 2.75) is 58.1 Å². The summed E-state index contributed by atoms with van der Waals surface area (Å²) in [5.41, 5.74) is 6.19. The summed E-state index contributed by atoms with van der Waals surface area (Å²) in [4.78, 5) is 11.6. The third-order valence-corrected chi connectivity index (χ3v) is 3.40. The predicted molar refractivity (Wildman–Crippen MR) is 84.5 cm³/mol. The fraction of sp³-hybridized carbons (Fsp3) is 0.588. The third-order valence-electron chi connectivity index (χ3n) is 3.40. The molecule has 4 nitrogen and oxygen atoms in total. The Kier molecular flexibility index (Phi) is 5.40. The van der Waals surface area contributed by atoms with E-state index in [9.17, 15) is 4.79 Å². The highest BCUT2D eigenvalue weighted by molar-refractivity contribution is 5.79. The SMILES string of the molecule is COC(=O)C(C)(N)CC(C)Oc1cccc(C(C)(C)C)c1. The van der Waals surface area contributed by atoms with E-state index in [-0.39, 0.29) is 11.5 Å². The first-order valence-electron chi connectivity index (χ1n) is 7.21. The van der Waals surface area contributed by atoms with Gasteiger partial charge in [0.05, 0.1) is 13.2 Å². The Morgan fingerprint density at radius 3 is 2.43 bits per heavy atom. The predicted octanol–water partition coefficient (Wildman–Crippen LogP) is 3.03. The highest BCUT2D eigenvalue weighted by Gasteiger charge is 2.32. The minimum Gasteiger partial charge on any atom is -0.491 e. The molecular weight excluding hydrogens is 266 g/mol. The van der Waals surface area contributed by atoms with Gasteiger partial charge in [-0.05, 0) is 37.0 Å². The van der Waals surface area contributed by atoms with E-state index in [1.54, 1.807) is 6.92 Å². The van der Waals surface area contributed by atoms with Gasteiger partial charge in [-0.1, -0.05) is 32.9 Å². The Bertz CT molecular complexity index is 489. The molecule has 0 saturated heterocycles. The van der Waals surface area contributed by atoms with Gasteiger partial charge in [-0.15, -0.1) is 0 Å². The molecule has 118 valence electrons. The number of hydrogen-bond donors (Lipinski definition) is 1. The van der Waals surface area contributed by atoms with Gasteiger partial charge in [0.15, 0.2) is 0 Å². The van der Waals surface area contributed by atoms with Crippen molar-refractivity contribution in [3.05, 3.63) is 29.8 Å². The topological polar surface area (TPSA) is 61.5 Å². The van der Waals surface area contributed by atoms with Crippen LogP contribution < -0.4 is 10.5 Å². The molecule has 2 atom stereocenters. The Morgan fingerprint density at radius 2 is 1.90 bits per heavy atom. The summed E-state index contributed by atoms with van der Waals surface area (Å²) in [7, 11) is 1.34. The van der Waals surface area contributed by atoms with Gasteiger partial charge in [0.1, 0.15) is 11.3 Å². The van der Waals surface area contributed by atoms with Gasteiger partial charge in [-0.3, -0.25) is 4.79 Å². The van der Waals surface area contributed by atoms with Crippen LogP contribution in [0.15, 0.2) is 24.3 Å². The number of benzene rings is 1. The van der Waals surface area contributed by atoms with E-state index in [1.807, 2.05) is 25.1 Å². The Morgan fingerprint density at radius 1 is 1.29 bits per heavy atom. The number of carbonyl (C=O) groups is 1. The number of rotatable bonds is 5. The average molecular weight is 293 g/mol. The molecule has 0 radical (unpaired) electrons. The largest absolute Gasteiger partial charge is 0.491 e. The van der Waals surface area contributed by atoms with Crippen LogP contribution in [0.5, 0.6) is 5.75 Å². The normalized spacial score (nSPS) is 16.0. The monoisotopic (exact) mass is 293 g/mol. The van der Waals surface area contributed by atoms with Crippen LogP contribution in [0.1, 0.15) is 46.6 Å². The molecule has 21 heavy (non-hydrogen) atoms. The number of methoxy groups -OCH3 is 1. The van der Waals surface area contributed by atoms with Crippen molar-refractivity contribution in [2.24, 2.45) is 5.73 Å². The molecule has 1 aromatic carbocycles. The molecule has 0 aromatic heterocycles. The van der Waals surface area contributed by atoms with Gasteiger partial charge in [0, 0.05) is 6.42 Å². The highest BCUT2D eigenvalue weighted by atomic mass is 16.5. The maximum atomic E-state index is 11.6. The van der Waals surface area contributed by atoms with Crippen molar-refractivity contribution in [3.63, 3.8) is 0 Å². The number of hydrogen-bond acceptors (Lipinski definition) is 4. The zero-order chi connectivity index (χ0) is 16.3. The second-order valence-electron chi connectivity index (χ2n) is 6.82. The highest BCUT2D eigenvalue weighted by Crippen LogP contribution is 2.26. The Labute approximate surface area is 127 Å². The molecule has 2 unspecified atom stereocenters. The molecule has 0 amide bonds. The first kappa shape index (κ1) is 17.5. The lowest BCUT2D eigenvalue weighted by molar-refractivity contribution is -0.147. The summed E-state index contributed by atoms with van der Waals surface area (Å²) in [5, 5.41) is 0. The minimum atomic E-state index is -1.05. The zero-order valence-corrected chi connectivity index (χ0v) is 13.9. The van der Waals surface area contributed by atoms with Crippen molar-refractivity contribution in [1.29, 1.82) is 0 Å². The lowest BCUT2D eigenvalue weighted by Gasteiger charge is -2.26. The molecule has 0 saturated carbocycles. The van der Waals surface area contributed by atoms with Gasteiger partial charge < -0.3 is 15.2 Å². The van der Waals surface area contributed by atoms with Crippen LogP contribution in [0.3, 0.4) is 0 Å². The molecule has 4 heteroatoms. The van der Waals surface area contributed by atoms with Gasteiger partial charge in [0.2, 0.25) is 0 Å². The van der Waals surface area contributed by atoms with Crippen molar-refractivity contribution in [2.75, 3.05) is 7.11 Å². The van der Waals surface area contributed by atoms with E-state index in [1.165, 1.54) is 12.7 Å². The van der Waals surface area contributed by atoms with Gasteiger partial charge in [-0.25, -0.2) is 0 Å². The van der Waals surface area contributed by atoms with Gasteiger partial charge >= 0.3 is 5.97 Å². The average Bonchev–Trinajstić information content (AvgIpc) is 2.36. The minimum absolute atomic E-state index is 0.0665. The van der Waals surface area contributed by atoms with E-state index < -0.39 is 11.5 Å². The quantitative estimate of drug-likeness (QED) is 0.848. The van der Waals surface area contributed by atoms with Crippen molar-refractivity contribution < 1.29 is 14.3 Å². The van der Waals surface area contributed by atoms with Crippen LogP contribution in [0.2, 0.25) is 0 Å². The molecule has 1 rings (SSSR count). The zero-order valence-electron chi connectivity index (χ0n) is 13.9. The van der Waals surface area contributed by atoms with Crippen LogP contribution in [0, 0.1) is 0 Å². The van der Waals surface area contributed by atoms with Crippen LogP contribution >= 0.6 is 0 Å². The molecule has 0 bridgehead atoms. The number of ether oxygens (including phenoxy) is 2. The maximum absolute atomic E-state index is 11.6. The third kappa shape index (κ3) is 5.05. The van der Waals surface area contributed by atoms with Crippen LogP contribution in [-0.4, -0.2) is 24.7 Å². The lowest BCUT2D eigenvalue weighted by atomic mass is 9.87. The van der Waals surface area contributed by atoms with Crippen molar-refractivity contribution in [3.8, 4) is 5.75 Å². The van der Waals surface area contributed by atoms with E-state index in [0.717, 1.165) is 5.75 Å². The van der Waals surface area contributed by atoms with Crippen molar-refractivity contribution >= 4 is 5.97 Å². The summed E-state index contributed by atoms with van der Waals surface area (Å²) in [6.07, 6.45) is 0.202. The van der Waals surface area contributed by atoms with Gasteiger partial charge in [0.25, 0.3) is 0 Å². The van der Waals surface area contributed by atoms with Crippen LogP contribution in [-0.2, 0) is 14.9 Å². The first-order chi connectivity index (χ1) is 9.56. The van der Waals surface area contributed by atoms with Crippen LogP contribution in [0.25, 0.3) is 0 Å². The fourth-order valence-corrected chi connectivity index (χ4v) is 2.22.